The van der Waals surface area contributed by atoms with Gasteiger partial charge in [0.15, 0.2) is 0 Å². The Bertz CT molecular complexity index is 670. The van der Waals surface area contributed by atoms with Crippen LogP contribution in [0.15, 0.2) is 24.5 Å². The Hall–Kier alpha value is -1.59. The van der Waals surface area contributed by atoms with Crippen molar-refractivity contribution in [1.82, 2.24) is 14.5 Å². The molecule has 2 unspecified atom stereocenters. The second kappa shape index (κ2) is 5.66. The summed E-state index contributed by atoms with van der Waals surface area (Å²) < 4.78 is 1.96. The number of aromatic nitrogens is 2. The summed E-state index contributed by atoms with van der Waals surface area (Å²) in [6, 6.07) is 5.59. The predicted octanol–water partition coefficient (Wildman–Crippen LogP) is 2.40. The third kappa shape index (κ3) is 2.76. The van der Waals surface area contributed by atoms with Crippen LogP contribution in [0.2, 0.25) is 0 Å². The number of carboxylic acids is 1. The first-order chi connectivity index (χ1) is 10.1. The average molecular weight is 308 g/mol. The number of nitrogens with zero attached hydrogens (tertiary/aromatic N) is 3. The van der Waals surface area contributed by atoms with Gasteiger partial charge in [0.25, 0.3) is 0 Å². The lowest BCUT2D eigenvalue weighted by Gasteiger charge is -2.23. The van der Waals surface area contributed by atoms with E-state index in [2.05, 4.69) is 4.98 Å². The lowest BCUT2D eigenvalue weighted by atomic mass is 10.1. The fourth-order valence-corrected chi connectivity index (χ4v) is 3.30. The van der Waals surface area contributed by atoms with Gasteiger partial charge in [0.2, 0.25) is 0 Å². The van der Waals surface area contributed by atoms with Crippen molar-refractivity contribution in [2.45, 2.75) is 24.3 Å². The Morgan fingerprint density at radius 2 is 2.38 bits per heavy atom. The predicted molar refractivity (Wildman–Crippen MR) is 81.5 cm³/mol. The van der Waals surface area contributed by atoms with Gasteiger partial charge in [-0.25, -0.2) is 4.98 Å². The minimum atomic E-state index is -0.753. The van der Waals surface area contributed by atoms with Crippen LogP contribution in [-0.2, 0) is 11.8 Å². The van der Waals surface area contributed by atoms with E-state index < -0.39 is 12.0 Å². The molecule has 2 heterocycles. The molecule has 1 aromatic heterocycles. The van der Waals surface area contributed by atoms with E-state index in [0.29, 0.717) is 13.0 Å². The van der Waals surface area contributed by atoms with Crippen molar-refractivity contribution in [3.8, 4) is 0 Å². The molecular weight excluding hydrogens is 290 g/mol. The van der Waals surface area contributed by atoms with E-state index >= 15 is 0 Å². The van der Waals surface area contributed by atoms with E-state index in [4.69, 9.17) is 11.6 Å². The van der Waals surface area contributed by atoms with Crippen molar-refractivity contribution in [2.24, 2.45) is 7.05 Å². The standard InChI is InChI=1S/C15H18ClN3O2/c1-18-9-17-12-7-10(4-5-13(12)18)11(16)8-19-6-2-3-14(19)15(20)21/h4-5,7,9,11,14H,2-3,6,8H2,1H3,(H,20,21). The molecule has 0 aliphatic carbocycles. The second-order valence-electron chi connectivity index (χ2n) is 5.56. The normalized spacial score (nSPS) is 21.0. The smallest absolute Gasteiger partial charge is 0.320 e. The zero-order valence-corrected chi connectivity index (χ0v) is 12.6. The third-order valence-corrected chi connectivity index (χ3v) is 4.54. The summed E-state index contributed by atoms with van der Waals surface area (Å²) in [5, 5.41) is 8.99. The Morgan fingerprint density at radius 3 is 3.14 bits per heavy atom. The Morgan fingerprint density at radius 1 is 1.57 bits per heavy atom. The molecule has 1 N–H and O–H groups in total. The van der Waals surface area contributed by atoms with Gasteiger partial charge in [-0.3, -0.25) is 9.69 Å². The highest BCUT2D eigenvalue weighted by Crippen LogP contribution is 2.28. The van der Waals surface area contributed by atoms with E-state index in [-0.39, 0.29) is 5.38 Å². The zero-order valence-electron chi connectivity index (χ0n) is 11.9. The number of halogens is 1. The maximum absolute atomic E-state index is 11.2. The third-order valence-electron chi connectivity index (χ3n) is 4.15. The number of benzene rings is 1. The van der Waals surface area contributed by atoms with Gasteiger partial charge in [-0.05, 0) is 37.1 Å². The molecule has 2 aromatic rings. The Labute approximate surface area is 128 Å². The van der Waals surface area contributed by atoms with Crippen molar-refractivity contribution < 1.29 is 9.90 Å². The summed E-state index contributed by atoms with van der Waals surface area (Å²) in [6.45, 7) is 1.35. The molecule has 1 fully saturated rings. The largest absolute Gasteiger partial charge is 0.480 e. The molecule has 0 amide bonds. The van der Waals surface area contributed by atoms with Gasteiger partial charge in [0.1, 0.15) is 6.04 Å². The van der Waals surface area contributed by atoms with Crippen LogP contribution in [0.25, 0.3) is 11.0 Å². The molecule has 1 aromatic carbocycles. The zero-order chi connectivity index (χ0) is 15.0. The number of imidazole rings is 1. The number of carbonyl (C=O) groups is 1. The molecule has 0 saturated carbocycles. The molecule has 3 rings (SSSR count). The minimum absolute atomic E-state index is 0.226. The second-order valence-corrected chi connectivity index (χ2v) is 6.09. The highest BCUT2D eigenvalue weighted by molar-refractivity contribution is 6.21. The van der Waals surface area contributed by atoms with Crippen molar-refractivity contribution in [2.75, 3.05) is 13.1 Å². The van der Waals surface area contributed by atoms with E-state index in [9.17, 15) is 9.90 Å². The lowest BCUT2D eigenvalue weighted by molar-refractivity contribution is -0.142. The quantitative estimate of drug-likeness (QED) is 0.881. The van der Waals surface area contributed by atoms with Crippen LogP contribution in [0, 0.1) is 0 Å². The average Bonchev–Trinajstić information content (AvgIpc) is 3.06. The molecule has 1 aliphatic rings. The summed E-state index contributed by atoms with van der Waals surface area (Å²) in [7, 11) is 1.95. The number of aryl methyl sites for hydroxylation is 1. The van der Waals surface area contributed by atoms with E-state index in [1.165, 1.54) is 0 Å². The molecule has 0 radical (unpaired) electrons. The number of aliphatic carboxylic acids is 1. The summed E-state index contributed by atoms with van der Waals surface area (Å²) in [4.78, 5) is 17.5. The SMILES string of the molecule is Cn1cnc2cc(C(Cl)CN3CCCC3C(=O)O)ccc21. The van der Waals surface area contributed by atoms with Crippen molar-refractivity contribution in [1.29, 1.82) is 0 Å². The van der Waals surface area contributed by atoms with Gasteiger partial charge in [0.05, 0.1) is 22.7 Å². The first kappa shape index (κ1) is 14.4. The van der Waals surface area contributed by atoms with Gasteiger partial charge in [-0.1, -0.05) is 6.07 Å². The number of alkyl halides is 1. The fourth-order valence-electron chi connectivity index (χ4n) is 2.98. The van der Waals surface area contributed by atoms with Gasteiger partial charge in [0, 0.05) is 13.6 Å². The number of carboxylic acid groups (broad SMARTS) is 1. The number of hydrogen-bond donors (Lipinski definition) is 1. The maximum Gasteiger partial charge on any atom is 0.320 e. The Kier molecular flexibility index (Phi) is 3.87. The first-order valence-electron chi connectivity index (χ1n) is 7.08. The molecule has 0 bridgehead atoms. The monoisotopic (exact) mass is 307 g/mol. The molecule has 6 heteroatoms. The van der Waals surface area contributed by atoms with Gasteiger partial charge >= 0.3 is 5.97 Å². The van der Waals surface area contributed by atoms with E-state index in [1.54, 1.807) is 6.33 Å². The fraction of sp³-hybridized carbons (Fsp3) is 0.467. The van der Waals surface area contributed by atoms with Crippen LogP contribution in [0.4, 0.5) is 0 Å². The van der Waals surface area contributed by atoms with Gasteiger partial charge < -0.3 is 9.67 Å². The van der Waals surface area contributed by atoms with Gasteiger partial charge in [-0.15, -0.1) is 11.6 Å². The summed E-state index contributed by atoms with van der Waals surface area (Å²) >= 11 is 6.49. The van der Waals surface area contributed by atoms with Crippen LogP contribution >= 0.6 is 11.6 Å². The van der Waals surface area contributed by atoms with Crippen molar-refractivity contribution >= 4 is 28.6 Å². The van der Waals surface area contributed by atoms with Crippen LogP contribution in [0.5, 0.6) is 0 Å². The molecule has 1 saturated heterocycles. The number of rotatable bonds is 4. The number of likely N-dealkylation sites (tertiary alicyclic amines) is 1. The van der Waals surface area contributed by atoms with E-state index in [1.807, 2.05) is 34.7 Å². The summed E-state index contributed by atoms with van der Waals surface area (Å²) in [6.07, 6.45) is 3.40. The van der Waals surface area contributed by atoms with Gasteiger partial charge in [-0.2, -0.15) is 0 Å². The first-order valence-corrected chi connectivity index (χ1v) is 7.52. The van der Waals surface area contributed by atoms with Crippen LogP contribution in [0.1, 0.15) is 23.8 Å². The van der Waals surface area contributed by atoms with Crippen LogP contribution < -0.4 is 0 Å². The maximum atomic E-state index is 11.2. The number of fused-ring (bicyclic) bond motifs is 1. The molecule has 2 atom stereocenters. The summed E-state index contributed by atoms with van der Waals surface area (Å²) in [5.74, 6) is -0.753. The molecule has 1 aliphatic heterocycles. The topological polar surface area (TPSA) is 58.4 Å². The minimum Gasteiger partial charge on any atom is -0.480 e. The molecule has 112 valence electrons. The van der Waals surface area contributed by atoms with E-state index in [0.717, 1.165) is 29.6 Å². The van der Waals surface area contributed by atoms with Crippen LogP contribution in [0.3, 0.4) is 0 Å². The van der Waals surface area contributed by atoms with Crippen LogP contribution in [-0.4, -0.2) is 44.7 Å². The molecule has 0 spiro atoms. The molecular formula is C15H18ClN3O2. The molecule has 21 heavy (non-hydrogen) atoms. The Balaban J connectivity index is 1.77. The summed E-state index contributed by atoms with van der Waals surface area (Å²) in [5.41, 5.74) is 2.96. The lowest BCUT2D eigenvalue weighted by Crippen LogP contribution is -2.37. The highest BCUT2D eigenvalue weighted by atomic mass is 35.5. The highest BCUT2D eigenvalue weighted by Gasteiger charge is 2.31. The number of hydrogen-bond acceptors (Lipinski definition) is 3. The van der Waals surface area contributed by atoms with Crippen molar-refractivity contribution in [3.05, 3.63) is 30.1 Å². The van der Waals surface area contributed by atoms with Crippen molar-refractivity contribution in [3.63, 3.8) is 0 Å². The molecule has 5 nitrogen and oxygen atoms in total.